The first-order valence-corrected chi connectivity index (χ1v) is 6.01. The van der Waals surface area contributed by atoms with Gasteiger partial charge in [-0.15, -0.1) is 5.10 Å². The van der Waals surface area contributed by atoms with E-state index in [1.165, 1.54) is 12.8 Å². The molecule has 0 saturated carbocycles. The minimum absolute atomic E-state index is 0.713. The Kier molecular flexibility index (Phi) is 2.42. The van der Waals surface area contributed by atoms with Gasteiger partial charge in [-0.3, -0.25) is 0 Å². The van der Waals surface area contributed by atoms with E-state index in [9.17, 15) is 0 Å². The molecule has 0 radical (unpaired) electrons. The molecule has 1 fully saturated rings. The normalized spacial score (nSPS) is 21.1. The van der Waals surface area contributed by atoms with E-state index in [-0.39, 0.29) is 0 Å². The van der Waals surface area contributed by atoms with Gasteiger partial charge >= 0.3 is 0 Å². The van der Waals surface area contributed by atoms with Gasteiger partial charge in [0, 0.05) is 20.1 Å². The molecule has 0 amide bonds. The molecule has 1 saturated heterocycles. The van der Waals surface area contributed by atoms with Crippen LogP contribution >= 0.6 is 0 Å². The van der Waals surface area contributed by atoms with Gasteiger partial charge in [0.1, 0.15) is 6.33 Å². The lowest BCUT2D eigenvalue weighted by Crippen LogP contribution is -2.35. The SMILES string of the molecule is C[C@@H]1CCCN(c2ncnc3c2nnn3C)C1. The maximum Gasteiger partial charge on any atom is 0.183 e. The molecule has 3 rings (SSSR count). The predicted octanol–water partition coefficient (Wildman–Crippen LogP) is 0.995. The van der Waals surface area contributed by atoms with Crippen molar-refractivity contribution in [3.8, 4) is 0 Å². The first kappa shape index (κ1) is 10.4. The average molecular weight is 232 g/mol. The number of anilines is 1. The molecule has 3 heterocycles. The molecule has 0 N–H and O–H groups in total. The van der Waals surface area contributed by atoms with Gasteiger partial charge in [-0.2, -0.15) is 0 Å². The number of rotatable bonds is 1. The molecule has 1 atom stereocenters. The Morgan fingerprint density at radius 1 is 1.35 bits per heavy atom. The molecule has 0 aliphatic carbocycles. The van der Waals surface area contributed by atoms with Crippen molar-refractivity contribution < 1.29 is 0 Å². The molecule has 17 heavy (non-hydrogen) atoms. The van der Waals surface area contributed by atoms with Gasteiger partial charge in [0.05, 0.1) is 0 Å². The van der Waals surface area contributed by atoms with Crippen LogP contribution in [0.25, 0.3) is 11.2 Å². The fraction of sp³-hybridized carbons (Fsp3) is 0.636. The quantitative estimate of drug-likeness (QED) is 0.734. The Hall–Kier alpha value is -1.72. The van der Waals surface area contributed by atoms with Crippen molar-refractivity contribution in [1.82, 2.24) is 25.0 Å². The monoisotopic (exact) mass is 232 g/mol. The maximum atomic E-state index is 4.38. The predicted molar refractivity (Wildman–Crippen MR) is 64.7 cm³/mol. The van der Waals surface area contributed by atoms with Gasteiger partial charge in [-0.1, -0.05) is 12.1 Å². The van der Waals surface area contributed by atoms with Gasteiger partial charge < -0.3 is 4.90 Å². The van der Waals surface area contributed by atoms with Crippen molar-refractivity contribution in [3.63, 3.8) is 0 Å². The summed E-state index contributed by atoms with van der Waals surface area (Å²) in [7, 11) is 1.85. The average Bonchev–Trinajstić information content (AvgIpc) is 2.71. The minimum atomic E-state index is 0.713. The lowest BCUT2D eigenvalue weighted by atomic mass is 10.0. The summed E-state index contributed by atoms with van der Waals surface area (Å²) in [5.41, 5.74) is 1.61. The van der Waals surface area contributed by atoms with Gasteiger partial charge in [-0.05, 0) is 18.8 Å². The Labute approximate surface area is 99.7 Å². The van der Waals surface area contributed by atoms with Crippen molar-refractivity contribution >= 4 is 17.0 Å². The molecule has 2 aromatic heterocycles. The Balaban J connectivity index is 2.04. The van der Waals surface area contributed by atoms with E-state index >= 15 is 0 Å². The topological polar surface area (TPSA) is 59.7 Å². The molecule has 6 nitrogen and oxygen atoms in total. The zero-order valence-electron chi connectivity index (χ0n) is 10.2. The molecule has 0 bridgehead atoms. The highest BCUT2D eigenvalue weighted by Gasteiger charge is 2.21. The van der Waals surface area contributed by atoms with Crippen LogP contribution in [0, 0.1) is 5.92 Å². The fourth-order valence-corrected chi connectivity index (χ4v) is 2.45. The summed E-state index contributed by atoms with van der Waals surface area (Å²) < 4.78 is 1.69. The van der Waals surface area contributed by atoms with Crippen LogP contribution in [0.1, 0.15) is 19.8 Å². The second kappa shape index (κ2) is 3.94. The molecular formula is C11H16N6. The molecular weight excluding hydrogens is 216 g/mol. The van der Waals surface area contributed by atoms with Gasteiger partial charge in [0.2, 0.25) is 0 Å². The zero-order chi connectivity index (χ0) is 11.8. The van der Waals surface area contributed by atoms with E-state index in [0.717, 1.165) is 30.1 Å². The molecule has 0 unspecified atom stereocenters. The number of fused-ring (bicyclic) bond motifs is 1. The van der Waals surface area contributed by atoms with Crippen molar-refractivity contribution in [2.75, 3.05) is 18.0 Å². The summed E-state index contributed by atoms with van der Waals surface area (Å²) in [6, 6.07) is 0. The summed E-state index contributed by atoms with van der Waals surface area (Å²) >= 11 is 0. The molecule has 0 aromatic carbocycles. The molecule has 90 valence electrons. The van der Waals surface area contributed by atoms with Crippen molar-refractivity contribution in [2.45, 2.75) is 19.8 Å². The van der Waals surface area contributed by atoms with Gasteiger partial charge in [0.15, 0.2) is 17.0 Å². The minimum Gasteiger partial charge on any atom is -0.354 e. The van der Waals surface area contributed by atoms with Gasteiger partial charge in [0.25, 0.3) is 0 Å². The van der Waals surface area contributed by atoms with Crippen LogP contribution in [-0.2, 0) is 7.05 Å². The highest BCUT2D eigenvalue weighted by molar-refractivity contribution is 5.82. The summed E-state index contributed by atoms with van der Waals surface area (Å²) in [5.74, 6) is 1.64. The molecule has 0 spiro atoms. The van der Waals surface area contributed by atoms with Crippen LogP contribution in [0.2, 0.25) is 0 Å². The molecule has 1 aliphatic rings. The lowest BCUT2D eigenvalue weighted by molar-refractivity contribution is 0.445. The van der Waals surface area contributed by atoms with E-state index in [4.69, 9.17) is 0 Å². The maximum absolute atomic E-state index is 4.38. The van der Waals surface area contributed by atoms with Crippen LogP contribution in [0.15, 0.2) is 6.33 Å². The van der Waals surface area contributed by atoms with E-state index < -0.39 is 0 Å². The van der Waals surface area contributed by atoms with Crippen molar-refractivity contribution in [1.29, 1.82) is 0 Å². The summed E-state index contributed by atoms with van der Waals surface area (Å²) in [5, 5.41) is 8.17. The lowest BCUT2D eigenvalue weighted by Gasteiger charge is -2.31. The highest BCUT2D eigenvalue weighted by atomic mass is 15.4. The number of nitrogens with zero attached hydrogens (tertiary/aromatic N) is 6. The number of aryl methyl sites for hydroxylation is 1. The first-order chi connectivity index (χ1) is 8.25. The smallest absolute Gasteiger partial charge is 0.183 e. The first-order valence-electron chi connectivity index (χ1n) is 6.01. The van der Waals surface area contributed by atoms with E-state index in [2.05, 4.69) is 32.1 Å². The Morgan fingerprint density at radius 2 is 2.24 bits per heavy atom. The number of piperidine rings is 1. The highest BCUT2D eigenvalue weighted by Crippen LogP contribution is 2.25. The van der Waals surface area contributed by atoms with E-state index in [1.54, 1.807) is 11.0 Å². The van der Waals surface area contributed by atoms with Crippen LogP contribution < -0.4 is 4.90 Å². The number of hydrogen-bond acceptors (Lipinski definition) is 5. The summed E-state index contributed by atoms with van der Waals surface area (Å²) in [4.78, 5) is 10.9. The third-order valence-electron chi connectivity index (χ3n) is 3.33. The van der Waals surface area contributed by atoms with Crippen LogP contribution in [0.3, 0.4) is 0 Å². The molecule has 1 aliphatic heterocycles. The van der Waals surface area contributed by atoms with Crippen LogP contribution in [-0.4, -0.2) is 38.1 Å². The number of aromatic nitrogens is 5. The zero-order valence-corrected chi connectivity index (χ0v) is 10.2. The van der Waals surface area contributed by atoms with E-state index in [0.29, 0.717) is 5.92 Å². The standard InChI is InChI=1S/C11H16N6/c1-8-4-3-5-17(6-8)11-9-10(12-7-13-11)16(2)15-14-9/h7-8H,3-6H2,1-2H3/t8-/m1/s1. The van der Waals surface area contributed by atoms with Crippen molar-refractivity contribution in [3.05, 3.63) is 6.33 Å². The molecule has 6 heteroatoms. The largest absolute Gasteiger partial charge is 0.354 e. The Morgan fingerprint density at radius 3 is 3.06 bits per heavy atom. The molecule has 2 aromatic rings. The second-order valence-electron chi connectivity index (χ2n) is 4.78. The summed E-state index contributed by atoms with van der Waals surface area (Å²) in [6.45, 7) is 4.37. The van der Waals surface area contributed by atoms with Crippen molar-refractivity contribution in [2.24, 2.45) is 13.0 Å². The van der Waals surface area contributed by atoms with Gasteiger partial charge in [-0.25, -0.2) is 14.6 Å². The second-order valence-corrected chi connectivity index (χ2v) is 4.78. The number of hydrogen-bond donors (Lipinski definition) is 0. The third kappa shape index (κ3) is 1.73. The van der Waals surface area contributed by atoms with Crippen LogP contribution in [0.4, 0.5) is 5.82 Å². The third-order valence-corrected chi connectivity index (χ3v) is 3.33. The summed E-state index contributed by atoms with van der Waals surface area (Å²) in [6.07, 6.45) is 4.11. The fourth-order valence-electron chi connectivity index (χ4n) is 2.45. The Bertz CT molecular complexity index is 534. The van der Waals surface area contributed by atoms with Crippen LogP contribution in [0.5, 0.6) is 0 Å². The van der Waals surface area contributed by atoms with E-state index in [1.807, 2.05) is 7.05 Å².